The van der Waals surface area contributed by atoms with Crippen LogP contribution in [0.1, 0.15) is 47.5 Å². The van der Waals surface area contributed by atoms with Crippen molar-refractivity contribution >= 4 is 30.5 Å². The maximum atomic E-state index is 6.90. The molecule has 0 heterocycles. The molecule has 0 aliphatic carbocycles. The van der Waals surface area contributed by atoms with Gasteiger partial charge >= 0.3 is 0 Å². The molecule has 0 aromatic heterocycles. The van der Waals surface area contributed by atoms with E-state index in [1.165, 1.54) is 10.4 Å². The first-order valence-electron chi connectivity index (χ1n) is 10.6. The van der Waals surface area contributed by atoms with Crippen LogP contribution in [0, 0.1) is 5.92 Å². The zero-order chi connectivity index (χ0) is 21.3. The van der Waals surface area contributed by atoms with Crippen molar-refractivity contribution in [3.8, 4) is 0 Å². The van der Waals surface area contributed by atoms with Crippen LogP contribution < -0.4 is 15.2 Å². The van der Waals surface area contributed by atoms with Crippen LogP contribution in [0.5, 0.6) is 0 Å². The summed E-state index contributed by atoms with van der Waals surface area (Å²) in [5.74, 6) is 0.601. The van der Waals surface area contributed by atoms with Crippen LogP contribution >= 0.6 is 11.8 Å². The van der Waals surface area contributed by atoms with Crippen molar-refractivity contribution < 1.29 is 4.43 Å². The Balaban J connectivity index is 2.25. The molecule has 0 saturated carbocycles. The Bertz CT molecular complexity index is 701. The molecular weight excluding hydrogens is 394 g/mol. The smallest absolute Gasteiger partial charge is 0.261 e. The van der Waals surface area contributed by atoms with E-state index in [9.17, 15) is 0 Å². The molecule has 2 nitrogen and oxygen atoms in total. The van der Waals surface area contributed by atoms with Crippen molar-refractivity contribution in [1.82, 2.24) is 4.84 Å². The summed E-state index contributed by atoms with van der Waals surface area (Å²) in [6.45, 7) is 12.0. The van der Waals surface area contributed by atoms with E-state index in [0.29, 0.717) is 12.5 Å². The van der Waals surface area contributed by atoms with Crippen LogP contribution in [0.25, 0.3) is 0 Å². The van der Waals surface area contributed by atoms with Crippen molar-refractivity contribution in [2.75, 3.05) is 6.61 Å². The molecule has 4 heteroatoms. The summed E-state index contributed by atoms with van der Waals surface area (Å²) < 4.78 is 6.90. The fourth-order valence-electron chi connectivity index (χ4n) is 3.97. The average Bonchev–Trinajstić information content (AvgIpc) is 2.70. The second kappa shape index (κ2) is 11.1. The molecule has 1 N–H and O–H groups in total. The van der Waals surface area contributed by atoms with Gasteiger partial charge in [0, 0.05) is 12.6 Å². The van der Waals surface area contributed by atoms with Gasteiger partial charge in [0.15, 0.2) is 0 Å². The quantitative estimate of drug-likeness (QED) is 0.227. The second-order valence-corrected chi connectivity index (χ2v) is 13.6. The third kappa shape index (κ3) is 6.29. The highest BCUT2D eigenvalue weighted by Crippen LogP contribution is 2.36. The molecule has 29 heavy (non-hydrogen) atoms. The Morgan fingerprint density at radius 2 is 1.48 bits per heavy atom. The lowest BCUT2D eigenvalue weighted by Crippen LogP contribution is -2.66. The molecule has 0 amide bonds. The Kier molecular flexibility index (Phi) is 9.16. The first-order valence-corrected chi connectivity index (χ1v) is 12.9. The molecule has 0 unspecified atom stereocenters. The molecule has 1 atom stereocenters. The zero-order valence-corrected chi connectivity index (χ0v) is 20.2. The van der Waals surface area contributed by atoms with E-state index in [1.807, 2.05) is 0 Å². The molecule has 2 aromatic rings. The summed E-state index contributed by atoms with van der Waals surface area (Å²) in [5.41, 5.74) is 0. The van der Waals surface area contributed by atoms with Gasteiger partial charge in [-0.2, -0.15) is 0 Å². The Labute approximate surface area is 183 Å². The normalized spacial score (nSPS) is 13.9. The van der Waals surface area contributed by atoms with E-state index in [1.54, 1.807) is 0 Å². The standard InChI is InChI=1S/C25H36ClNOSi/c1-21(2)20-22(27-26)14-12-13-19-28-29(25(3,4)5,23-15-8-6-9-16-23)24-17-10-7-11-18-24/h6-12,14-18,21-22,27H,13,19-20H2,1-5H3/b14-12+/t22-/m1/s1. The minimum Gasteiger partial charge on any atom is -0.407 e. The van der Waals surface area contributed by atoms with Gasteiger partial charge in [-0.15, -0.1) is 0 Å². The summed E-state index contributed by atoms with van der Waals surface area (Å²) in [5, 5.41) is 2.66. The molecule has 2 rings (SSSR count). The molecule has 0 fully saturated rings. The van der Waals surface area contributed by atoms with Gasteiger partial charge in [0.05, 0.1) is 0 Å². The number of hydrogen-bond acceptors (Lipinski definition) is 2. The molecule has 0 saturated heterocycles. The van der Waals surface area contributed by atoms with Crippen LogP contribution in [0.3, 0.4) is 0 Å². The first-order chi connectivity index (χ1) is 13.8. The molecule has 0 aliphatic heterocycles. The minimum absolute atomic E-state index is 0.0112. The van der Waals surface area contributed by atoms with Gasteiger partial charge in [-0.25, -0.2) is 4.84 Å². The molecular formula is C25H36ClNOSi. The van der Waals surface area contributed by atoms with Gasteiger partial charge in [-0.3, -0.25) is 0 Å². The van der Waals surface area contributed by atoms with Crippen LogP contribution in [0.15, 0.2) is 72.8 Å². The lowest BCUT2D eigenvalue weighted by molar-refractivity contribution is 0.304. The van der Waals surface area contributed by atoms with Crippen LogP contribution in [0.2, 0.25) is 5.04 Å². The van der Waals surface area contributed by atoms with E-state index in [2.05, 4.69) is 112 Å². The van der Waals surface area contributed by atoms with Crippen molar-refractivity contribution in [2.45, 2.75) is 58.5 Å². The van der Waals surface area contributed by atoms with Crippen LogP contribution in [-0.2, 0) is 4.43 Å². The summed E-state index contributed by atoms with van der Waals surface area (Å²) in [6, 6.07) is 21.8. The summed E-state index contributed by atoms with van der Waals surface area (Å²) >= 11 is 5.89. The Hall–Kier alpha value is -1.39. The fourth-order valence-corrected chi connectivity index (χ4v) is 8.71. The minimum atomic E-state index is -2.44. The molecule has 0 radical (unpaired) electrons. The fraction of sp³-hybridized carbons (Fsp3) is 0.440. The van der Waals surface area contributed by atoms with E-state index in [0.717, 1.165) is 12.8 Å². The summed E-state index contributed by atoms with van der Waals surface area (Å²) in [4.78, 5) is 2.87. The Morgan fingerprint density at radius 1 is 0.966 bits per heavy atom. The van der Waals surface area contributed by atoms with Gasteiger partial charge in [-0.05, 0) is 45.9 Å². The predicted molar refractivity (Wildman–Crippen MR) is 130 cm³/mol. The molecule has 158 valence electrons. The van der Waals surface area contributed by atoms with E-state index in [-0.39, 0.29) is 11.1 Å². The van der Waals surface area contributed by atoms with Crippen molar-refractivity contribution in [2.24, 2.45) is 5.92 Å². The van der Waals surface area contributed by atoms with Crippen molar-refractivity contribution in [3.05, 3.63) is 72.8 Å². The van der Waals surface area contributed by atoms with Gasteiger partial charge < -0.3 is 4.43 Å². The average molecular weight is 430 g/mol. The number of halogens is 1. The SMILES string of the molecule is CC(C)C[C@@H](/C=C/CCO[Si](c1ccccc1)(c1ccccc1)C(C)(C)C)NCl. The Morgan fingerprint density at radius 3 is 1.90 bits per heavy atom. The first kappa shape index (κ1) is 23.9. The number of hydrogen-bond donors (Lipinski definition) is 1. The maximum Gasteiger partial charge on any atom is 0.261 e. The van der Waals surface area contributed by atoms with E-state index in [4.69, 9.17) is 16.2 Å². The molecule has 0 bridgehead atoms. The monoisotopic (exact) mass is 429 g/mol. The molecule has 0 spiro atoms. The largest absolute Gasteiger partial charge is 0.407 e. The second-order valence-electron chi connectivity index (χ2n) is 9.07. The van der Waals surface area contributed by atoms with Gasteiger partial charge in [0.25, 0.3) is 8.32 Å². The zero-order valence-electron chi connectivity index (χ0n) is 18.5. The number of benzene rings is 2. The number of nitrogens with one attached hydrogen (secondary N) is 1. The van der Waals surface area contributed by atoms with Gasteiger partial charge in [-0.1, -0.05) is 107 Å². The highest BCUT2D eigenvalue weighted by Gasteiger charge is 2.49. The van der Waals surface area contributed by atoms with Crippen molar-refractivity contribution in [1.29, 1.82) is 0 Å². The lowest BCUT2D eigenvalue weighted by Gasteiger charge is -2.43. The van der Waals surface area contributed by atoms with Crippen LogP contribution in [-0.4, -0.2) is 21.0 Å². The topological polar surface area (TPSA) is 21.3 Å². The van der Waals surface area contributed by atoms with Gasteiger partial charge in [0.1, 0.15) is 0 Å². The molecule has 2 aromatic carbocycles. The summed E-state index contributed by atoms with van der Waals surface area (Å²) in [6.07, 6.45) is 6.26. The van der Waals surface area contributed by atoms with E-state index >= 15 is 0 Å². The van der Waals surface area contributed by atoms with Crippen LogP contribution in [0.4, 0.5) is 0 Å². The summed E-state index contributed by atoms with van der Waals surface area (Å²) in [7, 11) is -2.44. The van der Waals surface area contributed by atoms with Crippen molar-refractivity contribution in [3.63, 3.8) is 0 Å². The van der Waals surface area contributed by atoms with Gasteiger partial charge in [0.2, 0.25) is 0 Å². The third-order valence-electron chi connectivity index (χ3n) is 5.25. The molecule has 0 aliphatic rings. The lowest BCUT2D eigenvalue weighted by atomic mass is 10.0. The highest BCUT2D eigenvalue weighted by molar-refractivity contribution is 6.99. The highest BCUT2D eigenvalue weighted by atomic mass is 35.5. The number of rotatable bonds is 10. The third-order valence-corrected chi connectivity index (χ3v) is 10.6. The van der Waals surface area contributed by atoms with E-state index < -0.39 is 8.32 Å². The maximum absolute atomic E-state index is 6.90. The predicted octanol–water partition coefficient (Wildman–Crippen LogP) is 5.67.